The van der Waals surface area contributed by atoms with Crippen molar-refractivity contribution in [3.05, 3.63) is 21.9 Å². The molecule has 0 bridgehead atoms. The Morgan fingerprint density at radius 1 is 1.50 bits per heavy atom. The van der Waals surface area contributed by atoms with Crippen LogP contribution in [0, 0.1) is 5.82 Å². The number of aromatic hydroxyl groups is 2. The minimum atomic E-state index is -0.929. The second-order valence-corrected chi connectivity index (χ2v) is 3.75. The van der Waals surface area contributed by atoms with E-state index in [1.165, 1.54) is 6.92 Å². The highest BCUT2D eigenvalue weighted by molar-refractivity contribution is 9.10. The van der Waals surface area contributed by atoms with E-state index < -0.39 is 17.3 Å². The fraction of sp³-hybridized carbons (Fsp3) is 0.222. The van der Waals surface area contributed by atoms with E-state index in [2.05, 4.69) is 15.9 Å². The number of Topliss-reactive ketones (excluding diaryl/α,β-unsaturated/α-hetero) is 1. The lowest BCUT2D eigenvalue weighted by Crippen LogP contribution is -1.98. The Morgan fingerprint density at radius 2 is 2.07 bits per heavy atom. The van der Waals surface area contributed by atoms with Crippen LogP contribution in [0.4, 0.5) is 4.39 Å². The van der Waals surface area contributed by atoms with Gasteiger partial charge in [0.2, 0.25) is 0 Å². The molecule has 0 atom stereocenters. The molecule has 0 heterocycles. The van der Waals surface area contributed by atoms with Gasteiger partial charge in [0.1, 0.15) is 5.78 Å². The molecule has 2 N–H and O–H groups in total. The van der Waals surface area contributed by atoms with E-state index in [1.807, 2.05) is 0 Å². The summed E-state index contributed by atoms with van der Waals surface area (Å²) >= 11 is 3.00. The molecule has 3 nitrogen and oxygen atoms in total. The number of phenols is 2. The van der Waals surface area contributed by atoms with Crippen molar-refractivity contribution >= 4 is 21.7 Å². The van der Waals surface area contributed by atoms with Crippen LogP contribution in [0.3, 0.4) is 0 Å². The Kier molecular flexibility index (Phi) is 3.10. The zero-order valence-corrected chi connectivity index (χ0v) is 8.93. The molecule has 0 saturated heterocycles. The van der Waals surface area contributed by atoms with E-state index in [1.54, 1.807) is 0 Å². The summed E-state index contributed by atoms with van der Waals surface area (Å²) in [5.41, 5.74) is 0.191. The van der Waals surface area contributed by atoms with Crippen molar-refractivity contribution in [1.82, 2.24) is 0 Å². The summed E-state index contributed by atoms with van der Waals surface area (Å²) in [6.45, 7) is 1.34. The maximum absolute atomic E-state index is 12.8. The van der Waals surface area contributed by atoms with Crippen LogP contribution in [0.2, 0.25) is 0 Å². The average molecular weight is 263 g/mol. The number of halogens is 2. The zero-order chi connectivity index (χ0) is 10.9. The number of ketones is 1. The van der Waals surface area contributed by atoms with Gasteiger partial charge in [-0.05, 0) is 13.0 Å². The van der Waals surface area contributed by atoms with E-state index in [-0.39, 0.29) is 22.2 Å². The van der Waals surface area contributed by atoms with Gasteiger partial charge >= 0.3 is 0 Å². The maximum Gasteiger partial charge on any atom is 0.194 e. The predicted octanol–water partition coefficient (Wildman–Crippen LogP) is 2.13. The molecule has 5 heteroatoms. The standard InChI is InChI=1S/C9H8BrFO3/c1-4(12)2-5-6(10)3-7(11)9(14)8(5)13/h3,13-14H,2H2,1H3. The first-order valence-corrected chi connectivity index (χ1v) is 4.61. The smallest absolute Gasteiger partial charge is 0.194 e. The number of carbonyl (C=O) groups excluding carboxylic acids is 1. The maximum atomic E-state index is 12.8. The number of phenolic OH excluding ortho intramolecular Hbond substituents is 2. The lowest BCUT2D eigenvalue weighted by Gasteiger charge is -2.07. The summed E-state index contributed by atoms with van der Waals surface area (Å²) in [6, 6.07) is 1.01. The van der Waals surface area contributed by atoms with Gasteiger partial charge in [0.05, 0.1) is 0 Å². The highest BCUT2D eigenvalue weighted by Gasteiger charge is 2.16. The summed E-state index contributed by atoms with van der Waals surface area (Å²) in [6.07, 6.45) is -0.0553. The van der Waals surface area contributed by atoms with Crippen LogP contribution >= 0.6 is 15.9 Å². The van der Waals surface area contributed by atoms with E-state index in [0.29, 0.717) is 0 Å². The van der Waals surface area contributed by atoms with E-state index in [0.717, 1.165) is 6.07 Å². The van der Waals surface area contributed by atoms with Crippen LogP contribution in [0.1, 0.15) is 12.5 Å². The Bertz CT molecular complexity index is 390. The van der Waals surface area contributed by atoms with Crippen LogP contribution < -0.4 is 0 Å². The summed E-state index contributed by atoms with van der Waals surface area (Å²) in [5.74, 6) is -2.54. The van der Waals surface area contributed by atoms with Gasteiger partial charge < -0.3 is 10.2 Å². The van der Waals surface area contributed by atoms with Crippen LogP contribution in [0.25, 0.3) is 0 Å². The largest absolute Gasteiger partial charge is 0.504 e. The first-order chi connectivity index (χ1) is 6.43. The molecule has 1 rings (SSSR count). The molecular weight excluding hydrogens is 255 g/mol. The summed E-state index contributed by atoms with van der Waals surface area (Å²) in [5, 5.41) is 18.4. The van der Waals surface area contributed by atoms with E-state index in [4.69, 9.17) is 5.11 Å². The molecule has 0 aromatic heterocycles. The minimum Gasteiger partial charge on any atom is -0.504 e. The third kappa shape index (κ3) is 2.04. The van der Waals surface area contributed by atoms with Gasteiger partial charge in [0.15, 0.2) is 17.3 Å². The second-order valence-electron chi connectivity index (χ2n) is 2.89. The number of rotatable bonds is 2. The SMILES string of the molecule is CC(=O)Cc1c(Br)cc(F)c(O)c1O. The molecular formula is C9H8BrFO3. The molecule has 0 radical (unpaired) electrons. The lowest BCUT2D eigenvalue weighted by atomic mass is 10.1. The third-order valence-electron chi connectivity index (χ3n) is 1.70. The Labute approximate surface area is 88.3 Å². The molecule has 0 fully saturated rings. The molecule has 0 spiro atoms. The highest BCUT2D eigenvalue weighted by atomic mass is 79.9. The van der Waals surface area contributed by atoms with Gasteiger partial charge in [0, 0.05) is 16.5 Å². The molecule has 1 aromatic rings. The van der Waals surface area contributed by atoms with E-state index >= 15 is 0 Å². The van der Waals surface area contributed by atoms with Gasteiger partial charge in [-0.3, -0.25) is 4.79 Å². The van der Waals surface area contributed by atoms with Crippen molar-refractivity contribution in [3.63, 3.8) is 0 Å². The van der Waals surface area contributed by atoms with Crippen molar-refractivity contribution < 1.29 is 19.4 Å². The lowest BCUT2D eigenvalue weighted by molar-refractivity contribution is -0.116. The van der Waals surface area contributed by atoms with E-state index in [9.17, 15) is 14.3 Å². The first-order valence-electron chi connectivity index (χ1n) is 3.81. The topological polar surface area (TPSA) is 57.5 Å². The van der Waals surface area contributed by atoms with Crippen molar-refractivity contribution in [1.29, 1.82) is 0 Å². The normalized spacial score (nSPS) is 10.2. The second kappa shape index (κ2) is 3.96. The van der Waals surface area contributed by atoms with Crippen LogP contribution in [0.5, 0.6) is 11.5 Å². The molecule has 0 unspecified atom stereocenters. The molecule has 0 saturated carbocycles. The zero-order valence-electron chi connectivity index (χ0n) is 7.34. The van der Waals surface area contributed by atoms with Crippen molar-refractivity contribution in [2.24, 2.45) is 0 Å². The predicted molar refractivity (Wildman–Crippen MR) is 51.8 cm³/mol. The Morgan fingerprint density at radius 3 is 2.57 bits per heavy atom. The number of hydrogen-bond acceptors (Lipinski definition) is 3. The quantitative estimate of drug-likeness (QED) is 0.803. The number of benzene rings is 1. The third-order valence-corrected chi connectivity index (χ3v) is 2.41. The van der Waals surface area contributed by atoms with Gasteiger partial charge in [-0.2, -0.15) is 0 Å². The first kappa shape index (κ1) is 11.0. The molecule has 76 valence electrons. The van der Waals surface area contributed by atoms with Gasteiger partial charge in [-0.15, -0.1) is 0 Å². The van der Waals surface area contributed by atoms with Gasteiger partial charge in [-0.1, -0.05) is 15.9 Å². The van der Waals surface area contributed by atoms with Crippen molar-refractivity contribution in [2.75, 3.05) is 0 Å². The minimum absolute atomic E-state index is 0.0553. The molecule has 1 aromatic carbocycles. The van der Waals surface area contributed by atoms with Crippen molar-refractivity contribution in [3.8, 4) is 11.5 Å². The molecule has 14 heavy (non-hydrogen) atoms. The summed E-state index contributed by atoms with van der Waals surface area (Å²) in [4.78, 5) is 10.8. The van der Waals surface area contributed by atoms with Crippen LogP contribution in [-0.4, -0.2) is 16.0 Å². The molecule has 0 aliphatic rings. The molecule has 0 amide bonds. The number of hydrogen-bond donors (Lipinski definition) is 2. The average Bonchev–Trinajstić information content (AvgIpc) is 2.09. The summed E-state index contributed by atoms with van der Waals surface area (Å²) < 4.78 is 13.1. The van der Waals surface area contributed by atoms with Crippen molar-refractivity contribution in [2.45, 2.75) is 13.3 Å². The van der Waals surface area contributed by atoms with Crippen LogP contribution in [0.15, 0.2) is 10.5 Å². The Balaban J connectivity index is 3.29. The van der Waals surface area contributed by atoms with Gasteiger partial charge in [0.25, 0.3) is 0 Å². The summed E-state index contributed by atoms with van der Waals surface area (Å²) in [7, 11) is 0. The Hall–Kier alpha value is -1.10. The molecule has 0 aliphatic heterocycles. The molecule has 0 aliphatic carbocycles. The van der Waals surface area contributed by atoms with Gasteiger partial charge in [-0.25, -0.2) is 4.39 Å². The highest BCUT2D eigenvalue weighted by Crippen LogP contribution is 2.37. The van der Waals surface area contributed by atoms with Crippen LogP contribution in [-0.2, 0) is 11.2 Å². The number of carbonyl (C=O) groups is 1. The monoisotopic (exact) mass is 262 g/mol. The fourth-order valence-electron chi connectivity index (χ4n) is 1.05. The fourth-order valence-corrected chi connectivity index (χ4v) is 1.58.